The molecule has 5 nitrogen and oxygen atoms in total. The van der Waals surface area contributed by atoms with Gasteiger partial charge in [0.2, 0.25) is 0 Å². The molecule has 0 aliphatic carbocycles. The van der Waals surface area contributed by atoms with Gasteiger partial charge < -0.3 is 10.0 Å². The maximum atomic E-state index is 11.4. The Morgan fingerprint density at radius 2 is 1.79 bits per heavy atom. The van der Waals surface area contributed by atoms with Crippen LogP contribution >= 0.6 is 23.2 Å². The number of benzene rings is 1. The van der Waals surface area contributed by atoms with Crippen LogP contribution in [0.25, 0.3) is 0 Å². The number of rotatable bonds is 2. The van der Waals surface area contributed by atoms with Gasteiger partial charge in [-0.2, -0.15) is 0 Å². The Balaban J connectivity index is 2.42. The van der Waals surface area contributed by atoms with E-state index >= 15 is 0 Å². The fourth-order valence-electron chi connectivity index (χ4n) is 1.99. The Hall–Kier alpha value is -0.980. The van der Waals surface area contributed by atoms with Gasteiger partial charge in [0, 0.05) is 18.1 Å². The summed E-state index contributed by atoms with van der Waals surface area (Å²) in [6, 6.07) is 2.77. The van der Waals surface area contributed by atoms with E-state index in [-0.39, 0.29) is 40.2 Å². The molecule has 1 N–H and O–H groups in total. The second kappa shape index (κ2) is 5.19. The maximum absolute atomic E-state index is 11.4. The third kappa shape index (κ3) is 3.13. The molecule has 1 aliphatic heterocycles. The number of carboxylic acid groups (broad SMARTS) is 1. The third-order valence-electron chi connectivity index (χ3n) is 2.92. The van der Waals surface area contributed by atoms with Gasteiger partial charge in [-0.3, -0.25) is 0 Å². The topological polar surface area (TPSA) is 74.7 Å². The molecule has 0 unspecified atom stereocenters. The van der Waals surface area contributed by atoms with Gasteiger partial charge in [0.1, 0.15) is 0 Å². The van der Waals surface area contributed by atoms with Crippen LogP contribution in [0.3, 0.4) is 0 Å². The third-order valence-corrected chi connectivity index (χ3v) is 5.03. The molecule has 0 aromatic heterocycles. The highest BCUT2D eigenvalue weighted by Crippen LogP contribution is 2.34. The summed E-state index contributed by atoms with van der Waals surface area (Å²) < 4.78 is 22.8. The summed E-state index contributed by atoms with van der Waals surface area (Å²) in [4.78, 5) is 12.9. The predicted molar refractivity (Wildman–Crippen MR) is 74.3 cm³/mol. The molecule has 1 saturated heterocycles. The summed E-state index contributed by atoms with van der Waals surface area (Å²) in [5.41, 5.74) is 0.310. The smallest absolute Gasteiger partial charge is 0.337 e. The van der Waals surface area contributed by atoms with Crippen molar-refractivity contribution in [3.63, 3.8) is 0 Å². The standard InChI is InChI=1S/C11H11Cl2NO4S/c12-7-5-8(11(15)16)10(9(13)6-7)14-1-3-19(17,18)4-2-14/h5-6H,1-4H2,(H,15,16). The van der Waals surface area contributed by atoms with E-state index in [1.807, 2.05) is 0 Å². The van der Waals surface area contributed by atoms with E-state index in [1.54, 1.807) is 4.90 Å². The van der Waals surface area contributed by atoms with Crippen molar-refractivity contribution in [2.45, 2.75) is 0 Å². The van der Waals surface area contributed by atoms with E-state index in [2.05, 4.69) is 0 Å². The lowest BCUT2D eigenvalue weighted by molar-refractivity contribution is 0.0697. The van der Waals surface area contributed by atoms with Crippen LogP contribution in [-0.4, -0.2) is 44.1 Å². The van der Waals surface area contributed by atoms with Gasteiger partial charge in [0.25, 0.3) is 0 Å². The van der Waals surface area contributed by atoms with Crippen molar-refractivity contribution in [3.8, 4) is 0 Å². The average molecular weight is 324 g/mol. The molecule has 1 aromatic rings. The first-order valence-corrected chi connectivity index (χ1v) is 8.05. The van der Waals surface area contributed by atoms with Crippen LogP contribution in [0.1, 0.15) is 10.4 Å². The highest BCUT2D eigenvalue weighted by Gasteiger charge is 2.26. The number of halogens is 2. The predicted octanol–water partition coefficient (Wildman–Crippen LogP) is 1.93. The Kier molecular flexibility index (Phi) is 3.94. The molecule has 104 valence electrons. The molecule has 0 saturated carbocycles. The number of nitrogens with zero attached hydrogens (tertiary/aromatic N) is 1. The van der Waals surface area contributed by atoms with Crippen molar-refractivity contribution in [2.75, 3.05) is 29.5 Å². The minimum absolute atomic E-state index is 0.00891. The molecular weight excluding hydrogens is 313 g/mol. The second-order valence-corrected chi connectivity index (χ2v) is 7.38. The molecule has 2 rings (SSSR count). The van der Waals surface area contributed by atoms with E-state index in [0.29, 0.717) is 5.69 Å². The highest BCUT2D eigenvalue weighted by atomic mass is 35.5. The van der Waals surface area contributed by atoms with E-state index in [0.717, 1.165) is 0 Å². The van der Waals surface area contributed by atoms with Crippen molar-refractivity contribution in [2.24, 2.45) is 0 Å². The highest BCUT2D eigenvalue weighted by molar-refractivity contribution is 7.91. The summed E-state index contributed by atoms with van der Waals surface area (Å²) in [6.45, 7) is 0.452. The molecule has 19 heavy (non-hydrogen) atoms. The van der Waals surface area contributed by atoms with Crippen LogP contribution in [-0.2, 0) is 9.84 Å². The molecule has 0 bridgehead atoms. The Morgan fingerprint density at radius 3 is 2.32 bits per heavy atom. The van der Waals surface area contributed by atoms with E-state index < -0.39 is 15.8 Å². The molecule has 0 spiro atoms. The van der Waals surface area contributed by atoms with Gasteiger partial charge in [0.05, 0.1) is 27.8 Å². The van der Waals surface area contributed by atoms with Gasteiger partial charge >= 0.3 is 5.97 Å². The fourth-order valence-corrected chi connectivity index (χ4v) is 3.80. The summed E-state index contributed by atoms with van der Waals surface area (Å²) in [5.74, 6) is -1.16. The monoisotopic (exact) mass is 323 g/mol. The van der Waals surface area contributed by atoms with Crippen LogP contribution in [0.2, 0.25) is 10.0 Å². The molecule has 1 heterocycles. The molecule has 1 aliphatic rings. The first kappa shape index (κ1) is 14.4. The maximum Gasteiger partial charge on any atom is 0.337 e. The van der Waals surface area contributed by atoms with Crippen molar-refractivity contribution >= 4 is 44.7 Å². The number of anilines is 1. The molecule has 8 heteroatoms. The molecule has 0 amide bonds. The van der Waals surface area contributed by atoms with Crippen LogP contribution < -0.4 is 4.90 Å². The molecule has 1 fully saturated rings. The Labute approximate surface area is 120 Å². The summed E-state index contributed by atoms with van der Waals surface area (Å²) in [6.07, 6.45) is 0. The number of hydrogen-bond donors (Lipinski definition) is 1. The van der Waals surface area contributed by atoms with Crippen LogP contribution in [0.5, 0.6) is 0 Å². The first-order chi connectivity index (χ1) is 8.80. The number of aromatic carboxylic acids is 1. The van der Waals surface area contributed by atoms with Crippen molar-refractivity contribution in [1.29, 1.82) is 0 Å². The molecular formula is C11H11Cl2NO4S. The van der Waals surface area contributed by atoms with Crippen LogP contribution in [0, 0.1) is 0 Å². The van der Waals surface area contributed by atoms with Crippen LogP contribution in [0.15, 0.2) is 12.1 Å². The average Bonchev–Trinajstić information content (AvgIpc) is 2.29. The van der Waals surface area contributed by atoms with Gasteiger partial charge in [-0.05, 0) is 12.1 Å². The number of carboxylic acids is 1. The summed E-state index contributed by atoms with van der Waals surface area (Å²) >= 11 is 11.8. The quantitative estimate of drug-likeness (QED) is 0.900. The van der Waals surface area contributed by atoms with E-state index in [9.17, 15) is 18.3 Å². The lowest BCUT2D eigenvalue weighted by Crippen LogP contribution is -2.41. The molecule has 1 aromatic carbocycles. The van der Waals surface area contributed by atoms with Crippen molar-refractivity contribution < 1.29 is 18.3 Å². The fraction of sp³-hybridized carbons (Fsp3) is 0.364. The van der Waals surface area contributed by atoms with Gasteiger partial charge in [-0.15, -0.1) is 0 Å². The van der Waals surface area contributed by atoms with E-state index in [1.165, 1.54) is 12.1 Å². The zero-order chi connectivity index (χ0) is 14.2. The number of hydrogen-bond acceptors (Lipinski definition) is 4. The zero-order valence-corrected chi connectivity index (χ0v) is 12.1. The SMILES string of the molecule is O=C(O)c1cc(Cl)cc(Cl)c1N1CCS(=O)(=O)CC1. The lowest BCUT2D eigenvalue weighted by Gasteiger charge is -2.30. The Morgan fingerprint density at radius 1 is 1.21 bits per heavy atom. The minimum atomic E-state index is -3.04. The van der Waals surface area contributed by atoms with Gasteiger partial charge in [0.15, 0.2) is 9.84 Å². The number of sulfone groups is 1. The zero-order valence-electron chi connectivity index (χ0n) is 9.77. The Bertz CT molecular complexity index is 616. The number of carbonyl (C=O) groups is 1. The normalized spacial score (nSPS) is 18.3. The minimum Gasteiger partial charge on any atom is -0.478 e. The van der Waals surface area contributed by atoms with Gasteiger partial charge in [-0.1, -0.05) is 23.2 Å². The van der Waals surface area contributed by atoms with Crippen LogP contribution in [0.4, 0.5) is 5.69 Å². The largest absolute Gasteiger partial charge is 0.478 e. The second-order valence-electron chi connectivity index (χ2n) is 4.23. The molecule has 0 atom stereocenters. The van der Waals surface area contributed by atoms with E-state index in [4.69, 9.17) is 23.2 Å². The first-order valence-electron chi connectivity index (χ1n) is 5.48. The lowest BCUT2D eigenvalue weighted by atomic mass is 10.1. The van der Waals surface area contributed by atoms with Crippen molar-refractivity contribution in [3.05, 3.63) is 27.7 Å². The van der Waals surface area contributed by atoms with Gasteiger partial charge in [-0.25, -0.2) is 13.2 Å². The van der Waals surface area contributed by atoms with Crippen molar-refractivity contribution in [1.82, 2.24) is 0 Å². The summed E-state index contributed by atoms with van der Waals surface area (Å²) in [5, 5.41) is 9.63. The summed E-state index contributed by atoms with van der Waals surface area (Å²) in [7, 11) is -3.04. The molecule has 0 radical (unpaired) electrons.